The molecule has 5 nitrogen and oxygen atoms in total. The van der Waals surface area contributed by atoms with Gasteiger partial charge in [-0.2, -0.15) is 5.10 Å². The van der Waals surface area contributed by atoms with Crippen molar-refractivity contribution >= 4 is 23.2 Å². The summed E-state index contributed by atoms with van der Waals surface area (Å²) in [5, 5.41) is 29.2. The Bertz CT molecular complexity index is 862. The van der Waals surface area contributed by atoms with E-state index in [4.69, 9.17) is 28.3 Å². The van der Waals surface area contributed by atoms with Gasteiger partial charge in [-0.3, -0.25) is 5.32 Å². The van der Waals surface area contributed by atoms with Crippen molar-refractivity contribution in [1.29, 1.82) is 0 Å². The number of aliphatic hydroxyl groups excluding tert-OH is 2. The lowest BCUT2D eigenvalue weighted by Crippen LogP contribution is -2.38. The summed E-state index contributed by atoms with van der Waals surface area (Å²) in [6.07, 6.45) is 2.99. The van der Waals surface area contributed by atoms with Crippen LogP contribution in [0.2, 0.25) is 10.0 Å². The minimum absolute atomic E-state index is 0.0290. The molecule has 5 rings (SSSR count). The molecule has 0 amide bonds. The summed E-state index contributed by atoms with van der Waals surface area (Å²) in [7, 11) is 0. The molecule has 132 valence electrons. The van der Waals surface area contributed by atoms with Crippen LogP contribution in [0.3, 0.4) is 0 Å². The zero-order chi connectivity index (χ0) is 17.3. The van der Waals surface area contributed by atoms with Crippen molar-refractivity contribution in [1.82, 2.24) is 15.1 Å². The zero-order valence-corrected chi connectivity index (χ0v) is 15.1. The molecule has 1 heterocycles. The molecule has 2 fully saturated rings. The average Bonchev–Trinajstić information content (AvgIpc) is 3.45. The number of nitrogens with zero attached hydrogens (tertiary/aromatic N) is 2. The van der Waals surface area contributed by atoms with Gasteiger partial charge in [0.25, 0.3) is 0 Å². The van der Waals surface area contributed by atoms with Gasteiger partial charge in [0.15, 0.2) is 6.23 Å². The van der Waals surface area contributed by atoms with Crippen LogP contribution in [-0.4, -0.2) is 32.1 Å². The van der Waals surface area contributed by atoms with Gasteiger partial charge in [0.1, 0.15) is 5.69 Å². The number of halogens is 2. The molecule has 1 aromatic carbocycles. The number of aliphatic hydroxyl groups is 2. The van der Waals surface area contributed by atoms with E-state index in [1.54, 1.807) is 12.1 Å². The van der Waals surface area contributed by atoms with Gasteiger partial charge >= 0.3 is 0 Å². The Morgan fingerprint density at radius 2 is 2.16 bits per heavy atom. The lowest BCUT2D eigenvalue weighted by atomic mass is 10.1. The molecular formula is C18H19Cl2N3O2. The van der Waals surface area contributed by atoms with E-state index in [1.807, 2.05) is 10.7 Å². The molecule has 3 aliphatic rings. The molecule has 7 heteroatoms. The maximum absolute atomic E-state index is 10.7. The van der Waals surface area contributed by atoms with Crippen molar-refractivity contribution in [2.75, 3.05) is 6.61 Å². The first kappa shape index (κ1) is 16.1. The summed E-state index contributed by atoms with van der Waals surface area (Å²) in [4.78, 5) is 0. The number of aromatic nitrogens is 2. The number of fused-ring (bicyclic) bond motifs is 3. The van der Waals surface area contributed by atoms with Crippen LogP contribution in [0.4, 0.5) is 0 Å². The molecule has 1 unspecified atom stereocenters. The van der Waals surface area contributed by atoms with E-state index >= 15 is 0 Å². The van der Waals surface area contributed by atoms with E-state index in [0.29, 0.717) is 27.6 Å². The number of nitrogens with one attached hydrogen (secondary N) is 1. The molecule has 2 saturated carbocycles. The summed E-state index contributed by atoms with van der Waals surface area (Å²) in [5.74, 6) is 1.16. The van der Waals surface area contributed by atoms with Gasteiger partial charge in [-0.15, -0.1) is 0 Å². The van der Waals surface area contributed by atoms with Gasteiger partial charge < -0.3 is 10.2 Å². The smallest absolute Gasteiger partial charge is 0.150 e. The Morgan fingerprint density at radius 1 is 1.36 bits per heavy atom. The van der Waals surface area contributed by atoms with Crippen molar-refractivity contribution in [3.8, 4) is 5.69 Å². The van der Waals surface area contributed by atoms with Gasteiger partial charge in [-0.1, -0.05) is 23.2 Å². The molecule has 0 aliphatic heterocycles. The minimum atomic E-state index is -0.881. The average molecular weight is 380 g/mol. The third-order valence-electron chi connectivity index (χ3n) is 5.79. The lowest BCUT2D eigenvalue weighted by Gasteiger charge is -2.19. The highest BCUT2D eigenvalue weighted by Gasteiger charge is 2.51. The molecule has 1 aromatic heterocycles. The Balaban J connectivity index is 1.57. The first-order chi connectivity index (χ1) is 12.0. The van der Waals surface area contributed by atoms with E-state index in [9.17, 15) is 10.2 Å². The molecular weight excluding hydrogens is 361 g/mol. The fourth-order valence-corrected chi connectivity index (χ4v) is 4.54. The SMILES string of the molecule is OCC1(NC(O)c2nn(-c3ccc(Cl)cc3Cl)c3c2C[C@H]2C[C@@H]32)CC1. The van der Waals surface area contributed by atoms with E-state index in [0.717, 1.165) is 30.5 Å². The molecule has 3 atom stereocenters. The molecule has 2 aromatic rings. The Morgan fingerprint density at radius 3 is 2.84 bits per heavy atom. The number of benzene rings is 1. The number of hydrogen-bond acceptors (Lipinski definition) is 4. The largest absolute Gasteiger partial charge is 0.394 e. The van der Waals surface area contributed by atoms with Gasteiger partial charge in [0.05, 0.1) is 23.0 Å². The monoisotopic (exact) mass is 379 g/mol. The molecule has 25 heavy (non-hydrogen) atoms. The first-order valence-corrected chi connectivity index (χ1v) is 9.41. The van der Waals surface area contributed by atoms with Crippen molar-refractivity contribution in [3.63, 3.8) is 0 Å². The fourth-order valence-electron chi connectivity index (χ4n) is 4.06. The normalized spacial score (nSPS) is 26.2. The Kier molecular flexibility index (Phi) is 3.50. The van der Waals surface area contributed by atoms with Crippen LogP contribution in [-0.2, 0) is 6.42 Å². The number of rotatable bonds is 5. The van der Waals surface area contributed by atoms with E-state index < -0.39 is 6.23 Å². The topological polar surface area (TPSA) is 70.3 Å². The minimum Gasteiger partial charge on any atom is -0.394 e. The van der Waals surface area contributed by atoms with Crippen molar-refractivity contribution in [3.05, 3.63) is 45.2 Å². The molecule has 0 saturated heterocycles. The zero-order valence-electron chi connectivity index (χ0n) is 13.5. The molecule has 0 radical (unpaired) electrons. The van der Waals surface area contributed by atoms with Gasteiger partial charge in [-0.05, 0) is 49.8 Å². The quantitative estimate of drug-likeness (QED) is 0.698. The van der Waals surface area contributed by atoms with E-state index in [-0.39, 0.29) is 12.1 Å². The maximum Gasteiger partial charge on any atom is 0.150 e. The van der Waals surface area contributed by atoms with Crippen LogP contribution >= 0.6 is 23.2 Å². The summed E-state index contributed by atoms with van der Waals surface area (Å²) in [6.45, 7) is 0.0290. The molecule has 0 spiro atoms. The van der Waals surface area contributed by atoms with Crippen LogP contribution in [0.5, 0.6) is 0 Å². The Labute approximate surface area is 155 Å². The van der Waals surface area contributed by atoms with Crippen molar-refractivity contribution in [2.45, 2.75) is 43.4 Å². The van der Waals surface area contributed by atoms with Gasteiger partial charge in [0.2, 0.25) is 0 Å². The molecule has 0 bridgehead atoms. The highest BCUT2D eigenvalue weighted by molar-refractivity contribution is 6.35. The van der Waals surface area contributed by atoms with E-state index in [2.05, 4.69) is 5.32 Å². The van der Waals surface area contributed by atoms with Crippen LogP contribution in [0.25, 0.3) is 5.69 Å². The van der Waals surface area contributed by atoms with Gasteiger partial charge in [0, 0.05) is 22.0 Å². The van der Waals surface area contributed by atoms with Crippen LogP contribution in [0.15, 0.2) is 18.2 Å². The Hall–Kier alpha value is -1.11. The van der Waals surface area contributed by atoms with Crippen LogP contribution in [0, 0.1) is 5.92 Å². The highest BCUT2D eigenvalue weighted by Crippen LogP contribution is 2.58. The van der Waals surface area contributed by atoms with E-state index in [1.165, 1.54) is 12.1 Å². The predicted molar refractivity (Wildman–Crippen MR) is 95.3 cm³/mol. The molecule has 3 aliphatic carbocycles. The van der Waals surface area contributed by atoms with Crippen molar-refractivity contribution in [2.24, 2.45) is 5.92 Å². The third-order valence-corrected chi connectivity index (χ3v) is 6.33. The summed E-state index contributed by atoms with van der Waals surface area (Å²) < 4.78 is 1.88. The van der Waals surface area contributed by atoms with Crippen LogP contribution < -0.4 is 5.32 Å². The fraction of sp³-hybridized carbons (Fsp3) is 0.500. The van der Waals surface area contributed by atoms with Gasteiger partial charge in [-0.25, -0.2) is 4.68 Å². The summed E-state index contributed by atoms with van der Waals surface area (Å²) in [6, 6.07) is 5.38. The second-order valence-electron chi connectivity index (χ2n) is 7.55. The predicted octanol–water partition coefficient (Wildman–Crippen LogP) is 2.94. The van der Waals surface area contributed by atoms with Crippen LogP contribution in [0.1, 0.15) is 48.4 Å². The number of hydrogen-bond donors (Lipinski definition) is 3. The molecule has 3 N–H and O–H groups in total. The first-order valence-electron chi connectivity index (χ1n) is 8.65. The van der Waals surface area contributed by atoms with Crippen molar-refractivity contribution < 1.29 is 10.2 Å². The second kappa shape index (κ2) is 5.44. The highest BCUT2D eigenvalue weighted by atomic mass is 35.5. The standard InChI is InChI=1S/C18H19Cl2N3O2/c19-10-1-2-14(13(20)7-10)23-16-11-5-9(11)6-12(16)15(22-23)17(25)21-18(8-24)3-4-18/h1-2,7,9,11,17,21,24-25H,3-6,8H2/t9-,11-,17?/m1/s1. The second-order valence-corrected chi connectivity index (χ2v) is 8.39. The maximum atomic E-state index is 10.7. The summed E-state index contributed by atoms with van der Waals surface area (Å²) in [5.41, 5.74) is 3.39. The lowest BCUT2D eigenvalue weighted by molar-refractivity contribution is 0.0922. The third kappa shape index (κ3) is 2.53. The summed E-state index contributed by atoms with van der Waals surface area (Å²) >= 11 is 12.4.